The van der Waals surface area contributed by atoms with Gasteiger partial charge >= 0.3 is 6.18 Å². The Labute approximate surface area is 84.7 Å². The van der Waals surface area contributed by atoms with Gasteiger partial charge in [-0.2, -0.15) is 18.3 Å². The van der Waals surface area contributed by atoms with E-state index in [9.17, 15) is 13.2 Å². The fourth-order valence-electron chi connectivity index (χ4n) is 1.08. The van der Waals surface area contributed by atoms with Crippen LogP contribution in [-0.2, 0) is 13.1 Å². The first-order chi connectivity index (χ1) is 7.01. The summed E-state index contributed by atoms with van der Waals surface area (Å²) in [6.45, 7) is -0.271. The molecule has 1 aromatic heterocycles. The minimum atomic E-state index is -4.25. The highest BCUT2D eigenvalue weighted by atomic mass is 19.4. The summed E-state index contributed by atoms with van der Waals surface area (Å²) >= 11 is 0. The Bertz CT molecular complexity index is 298. The third-order valence-electron chi connectivity index (χ3n) is 1.65. The van der Waals surface area contributed by atoms with E-state index in [4.69, 9.17) is 5.11 Å². The van der Waals surface area contributed by atoms with Crippen LogP contribution in [0.5, 0.6) is 0 Å². The van der Waals surface area contributed by atoms with Crippen molar-refractivity contribution in [3.05, 3.63) is 18.0 Å². The van der Waals surface area contributed by atoms with Crippen LogP contribution < -0.4 is 5.32 Å². The Hall–Kier alpha value is -1.08. The van der Waals surface area contributed by atoms with E-state index in [0.29, 0.717) is 18.7 Å². The Kier molecular flexibility index (Phi) is 4.10. The molecule has 0 saturated carbocycles. The van der Waals surface area contributed by atoms with Gasteiger partial charge in [0.2, 0.25) is 0 Å². The van der Waals surface area contributed by atoms with Crippen LogP contribution in [-0.4, -0.2) is 34.2 Å². The molecule has 0 atom stereocenters. The maximum absolute atomic E-state index is 11.9. The quantitative estimate of drug-likeness (QED) is 0.716. The van der Waals surface area contributed by atoms with Gasteiger partial charge in [-0.25, -0.2) is 0 Å². The molecule has 7 heteroatoms. The van der Waals surface area contributed by atoms with Gasteiger partial charge in [0.1, 0.15) is 6.54 Å². The normalized spacial score (nSPS) is 12.0. The van der Waals surface area contributed by atoms with Crippen molar-refractivity contribution in [2.24, 2.45) is 0 Å². The molecule has 0 aliphatic carbocycles. The highest BCUT2D eigenvalue weighted by molar-refractivity contribution is 5.03. The molecule has 15 heavy (non-hydrogen) atoms. The summed E-state index contributed by atoms with van der Waals surface area (Å²) < 4.78 is 36.7. The van der Waals surface area contributed by atoms with Crippen LogP contribution >= 0.6 is 0 Å². The largest absolute Gasteiger partial charge is 0.408 e. The zero-order valence-electron chi connectivity index (χ0n) is 7.96. The molecule has 0 unspecified atom stereocenters. The Balaban J connectivity index is 2.42. The van der Waals surface area contributed by atoms with Gasteiger partial charge in [0.15, 0.2) is 0 Å². The molecular weight excluding hydrogens is 211 g/mol. The summed E-state index contributed by atoms with van der Waals surface area (Å²) in [6.07, 6.45) is -1.55. The lowest BCUT2D eigenvalue weighted by Gasteiger charge is -2.05. The Morgan fingerprint density at radius 1 is 1.47 bits per heavy atom. The zero-order chi connectivity index (χ0) is 11.3. The predicted molar refractivity (Wildman–Crippen MR) is 47.1 cm³/mol. The van der Waals surface area contributed by atoms with Crippen LogP contribution in [0.3, 0.4) is 0 Å². The molecule has 1 rings (SSSR count). The maximum Gasteiger partial charge on any atom is 0.408 e. The predicted octanol–water partition coefficient (Wildman–Crippen LogP) is 0.527. The van der Waals surface area contributed by atoms with E-state index >= 15 is 0 Å². The first-order valence-corrected chi connectivity index (χ1v) is 4.41. The molecule has 1 heterocycles. The molecule has 0 bridgehead atoms. The molecule has 4 nitrogen and oxygen atoms in total. The van der Waals surface area contributed by atoms with E-state index < -0.39 is 12.7 Å². The van der Waals surface area contributed by atoms with Crippen molar-refractivity contribution in [3.63, 3.8) is 0 Å². The number of halogens is 3. The van der Waals surface area contributed by atoms with Gasteiger partial charge < -0.3 is 10.4 Å². The highest BCUT2D eigenvalue weighted by Crippen LogP contribution is 2.16. The van der Waals surface area contributed by atoms with Crippen molar-refractivity contribution in [3.8, 4) is 0 Å². The number of hydrogen-bond acceptors (Lipinski definition) is 3. The fraction of sp³-hybridized carbons (Fsp3) is 0.625. The maximum atomic E-state index is 11.9. The second-order valence-electron chi connectivity index (χ2n) is 3.06. The van der Waals surface area contributed by atoms with Crippen LogP contribution in [0.25, 0.3) is 0 Å². The summed E-state index contributed by atoms with van der Waals surface area (Å²) in [5.41, 5.74) is 0.660. The number of alkyl halides is 3. The van der Waals surface area contributed by atoms with Crippen LogP contribution in [0, 0.1) is 0 Å². The zero-order valence-corrected chi connectivity index (χ0v) is 7.96. The van der Waals surface area contributed by atoms with Gasteiger partial charge in [-0.1, -0.05) is 0 Å². The van der Waals surface area contributed by atoms with Crippen LogP contribution in [0.15, 0.2) is 12.4 Å². The van der Waals surface area contributed by atoms with E-state index in [1.54, 1.807) is 0 Å². The topological polar surface area (TPSA) is 50.1 Å². The molecule has 0 aromatic carbocycles. The number of aliphatic hydroxyl groups is 1. The van der Waals surface area contributed by atoms with Crippen molar-refractivity contribution < 1.29 is 18.3 Å². The van der Waals surface area contributed by atoms with Gasteiger partial charge in [-0.05, 0) is 0 Å². The Morgan fingerprint density at radius 2 is 2.20 bits per heavy atom. The van der Waals surface area contributed by atoms with Gasteiger partial charge in [0, 0.05) is 24.8 Å². The smallest absolute Gasteiger partial charge is 0.395 e. The lowest BCUT2D eigenvalue weighted by Crippen LogP contribution is -2.18. The number of aromatic nitrogens is 2. The van der Waals surface area contributed by atoms with Crippen molar-refractivity contribution in [1.82, 2.24) is 15.1 Å². The van der Waals surface area contributed by atoms with Crippen molar-refractivity contribution in [2.75, 3.05) is 13.2 Å². The average Bonchev–Trinajstić information content (AvgIpc) is 2.50. The molecule has 0 spiro atoms. The van der Waals surface area contributed by atoms with Crippen LogP contribution in [0.1, 0.15) is 5.56 Å². The molecule has 2 N–H and O–H groups in total. The second kappa shape index (κ2) is 5.13. The molecule has 0 radical (unpaired) electrons. The van der Waals surface area contributed by atoms with Crippen molar-refractivity contribution in [1.29, 1.82) is 0 Å². The molecule has 0 amide bonds. The van der Waals surface area contributed by atoms with E-state index in [1.807, 2.05) is 0 Å². The lowest BCUT2D eigenvalue weighted by molar-refractivity contribution is -0.142. The molecule has 0 saturated heterocycles. The number of nitrogens with one attached hydrogen (secondary N) is 1. The van der Waals surface area contributed by atoms with Crippen LogP contribution in [0.2, 0.25) is 0 Å². The highest BCUT2D eigenvalue weighted by Gasteiger charge is 2.28. The van der Waals surface area contributed by atoms with Crippen LogP contribution in [0.4, 0.5) is 13.2 Å². The minimum absolute atomic E-state index is 0.00329. The first-order valence-electron chi connectivity index (χ1n) is 4.41. The number of nitrogens with zero attached hydrogens (tertiary/aromatic N) is 2. The molecule has 0 fully saturated rings. The van der Waals surface area contributed by atoms with E-state index in [2.05, 4.69) is 10.4 Å². The van der Waals surface area contributed by atoms with E-state index in [0.717, 1.165) is 4.68 Å². The second-order valence-corrected chi connectivity index (χ2v) is 3.06. The van der Waals surface area contributed by atoms with Gasteiger partial charge in [-0.15, -0.1) is 0 Å². The number of rotatable bonds is 5. The molecule has 0 aliphatic heterocycles. The van der Waals surface area contributed by atoms with Crippen molar-refractivity contribution >= 4 is 0 Å². The molecule has 1 aromatic rings. The summed E-state index contributed by atoms with van der Waals surface area (Å²) in [4.78, 5) is 0. The first kappa shape index (κ1) is 12.0. The summed E-state index contributed by atoms with van der Waals surface area (Å²) in [6, 6.07) is 0. The molecule has 0 aliphatic rings. The monoisotopic (exact) mass is 223 g/mol. The van der Waals surface area contributed by atoms with Crippen molar-refractivity contribution in [2.45, 2.75) is 19.3 Å². The number of aliphatic hydroxyl groups excluding tert-OH is 1. The third kappa shape index (κ3) is 4.80. The Morgan fingerprint density at radius 3 is 2.80 bits per heavy atom. The number of hydrogen-bond donors (Lipinski definition) is 2. The molecular formula is C8H12F3N3O. The van der Waals surface area contributed by atoms with Gasteiger partial charge in [0.25, 0.3) is 0 Å². The third-order valence-corrected chi connectivity index (χ3v) is 1.65. The molecule has 86 valence electrons. The van der Waals surface area contributed by atoms with E-state index in [-0.39, 0.29) is 6.61 Å². The van der Waals surface area contributed by atoms with Gasteiger partial charge in [-0.3, -0.25) is 4.68 Å². The summed E-state index contributed by atoms with van der Waals surface area (Å²) in [5, 5.41) is 14.9. The standard InChI is InChI=1S/C8H12F3N3O/c9-8(10,11)6-14-5-7(4-13-14)3-12-1-2-15/h4-5,12,15H,1-3,6H2. The summed E-state index contributed by atoms with van der Waals surface area (Å²) in [7, 11) is 0. The minimum Gasteiger partial charge on any atom is -0.395 e. The lowest BCUT2D eigenvalue weighted by atomic mass is 10.3. The SMILES string of the molecule is OCCNCc1cnn(CC(F)(F)F)c1. The fourth-order valence-corrected chi connectivity index (χ4v) is 1.08. The van der Waals surface area contributed by atoms with E-state index in [1.165, 1.54) is 12.4 Å². The average molecular weight is 223 g/mol. The summed E-state index contributed by atoms with van der Waals surface area (Å²) in [5.74, 6) is 0. The van der Waals surface area contributed by atoms with Gasteiger partial charge in [0.05, 0.1) is 12.8 Å².